The third kappa shape index (κ3) is 2.25. The molecule has 82 valence electrons. The van der Waals surface area contributed by atoms with E-state index >= 15 is 0 Å². The lowest BCUT2D eigenvalue weighted by Gasteiger charge is -2.25. The Morgan fingerprint density at radius 1 is 1.47 bits per heavy atom. The molecule has 1 aliphatic rings. The average molecular weight is 228 g/mol. The first-order valence-corrected chi connectivity index (χ1v) is 5.90. The molecule has 0 spiro atoms. The van der Waals surface area contributed by atoms with Gasteiger partial charge in [-0.15, -0.1) is 11.6 Å². The van der Waals surface area contributed by atoms with Gasteiger partial charge in [0, 0.05) is 24.2 Å². The molecule has 0 unspecified atom stereocenters. The van der Waals surface area contributed by atoms with Gasteiger partial charge in [-0.05, 0) is 43.5 Å². The normalized spacial score (nSPS) is 15.4. The number of halogens is 2. The van der Waals surface area contributed by atoms with Crippen molar-refractivity contribution in [2.75, 3.05) is 11.4 Å². The predicted molar refractivity (Wildman–Crippen MR) is 62.0 cm³/mol. The highest BCUT2D eigenvalue weighted by Gasteiger charge is 2.29. The van der Waals surface area contributed by atoms with Crippen molar-refractivity contribution in [2.24, 2.45) is 0 Å². The first kappa shape index (κ1) is 10.7. The second kappa shape index (κ2) is 4.40. The maximum atomic E-state index is 13.0. The van der Waals surface area contributed by atoms with Gasteiger partial charge >= 0.3 is 0 Å². The molecule has 0 N–H and O–H groups in total. The Morgan fingerprint density at radius 3 is 2.73 bits per heavy atom. The molecule has 1 aromatic rings. The summed E-state index contributed by atoms with van der Waals surface area (Å²) < 4.78 is 13.0. The quantitative estimate of drug-likeness (QED) is 0.711. The topological polar surface area (TPSA) is 3.24 Å². The fourth-order valence-electron chi connectivity index (χ4n) is 1.95. The van der Waals surface area contributed by atoms with Crippen LogP contribution in [0.2, 0.25) is 0 Å². The van der Waals surface area contributed by atoms with Gasteiger partial charge in [-0.3, -0.25) is 0 Å². The van der Waals surface area contributed by atoms with Crippen molar-refractivity contribution in [3.8, 4) is 0 Å². The molecule has 0 radical (unpaired) electrons. The van der Waals surface area contributed by atoms with Gasteiger partial charge < -0.3 is 4.90 Å². The summed E-state index contributed by atoms with van der Waals surface area (Å²) in [4.78, 5) is 2.32. The smallest absolute Gasteiger partial charge is 0.123 e. The van der Waals surface area contributed by atoms with Gasteiger partial charge in [-0.25, -0.2) is 4.39 Å². The van der Waals surface area contributed by atoms with E-state index in [0.717, 1.165) is 17.8 Å². The summed E-state index contributed by atoms with van der Waals surface area (Å²) in [6.07, 6.45) is 2.49. The molecule has 2 rings (SSSR count). The molecule has 0 amide bonds. The van der Waals surface area contributed by atoms with Crippen molar-refractivity contribution < 1.29 is 4.39 Å². The summed E-state index contributed by atoms with van der Waals surface area (Å²) in [7, 11) is 0. The van der Waals surface area contributed by atoms with Crippen LogP contribution in [0.15, 0.2) is 18.2 Å². The second-order valence-electron chi connectivity index (χ2n) is 3.92. The number of hydrogen-bond acceptors (Lipinski definition) is 1. The van der Waals surface area contributed by atoms with Crippen molar-refractivity contribution in [2.45, 2.75) is 31.7 Å². The number of rotatable bonds is 4. The van der Waals surface area contributed by atoms with Crippen molar-refractivity contribution in [1.29, 1.82) is 0 Å². The van der Waals surface area contributed by atoms with Crippen molar-refractivity contribution in [3.63, 3.8) is 0 Å². The van der Waals surface area contributed by atoms with Crippen LogP contribution in [0.25, 0.3) is 0 Å². The lowest BCUT2D eigenvalue weighted by atomic mass is 10.1. The lowest BCUT2D eigenvalue weighted by Crippen LogP contribution is -2.26. The van der Waals surface area contributed by atoms with Crippen LogP contribution >= 0.6 is 11.6 Å². The van der Waals surface area contributed by atoms with Crippen molar-refractivity contribution in [3.05, 3.63) is 29.6 Å². The number of hydrogen-bond donors (Lipinski definition) is 0. The highest BCUT2D eigenvalue weighted by molar-refractivity contribution is 6.17. The van der Waals surface area contributed by atoms with Gasteiger partial charge in [-0.1, -0.05) is 0 Å². The average Bonchev–Trinajstić information content (AvgIpc) is 3.05. The molecular formula is C12H15ClFN. The Labute approximate surface area is 94.8 Å². The van der Waals surface area contributed by atoms with Crippen molar-refractivity contribution in [1.82, 2.24) is 0 Å². The Kier molecular flexibility index (Phi) is 3.15. The van der Waals surface area contributed by atoms with Crippen LogP contribution in [0, 0.1) is 5.82 Å². The molecule has 0 heterocycles. The minimum atomic E-state index is -0.207. The molecule has 0 aromatic heterocycles. The maximum absolute atomic E-state index is 13.0. The molecule has 1 fully saturated rings. The predicted octanol–water partition coefficient (Wildman–Crippen LogP) is 3.55. The van der Waals surface area contributed by atoms with E-state index in [1.54, 1.807) is 0 Å². The zero-order valence-corrected chi connectivity index (χ0v) is 9.60. The fraction of sp³-hybridized carbons (Fsp3) is 0.500. The zero-order valence-electron chi connectivity index (χ0n) is 8.84. The summed E-state index contributed by atoms with van der Waals surface area (Å²) in [6, 6.07) is 5.53. The number of nitrogens with zero attached hydrogens (tertiary/aromatic N) is 1. The minimum Gasteiger partial charge on any atom is -0.369 e. The number of alkyl halides is 1. The van der Waals surface area contributed by atoms with Crippen LogP contribution < -0.4 is 4.90 Å². The third-order valence-corrected chi connectivity index (χ3v) is 3.11. The van der Waals surface area contributed by atoms with E-state index in [0.29, 0.717) is 11.9 Å². The first-order chi connectivity index (χ1) is 7.26. The number of anilines is 1. The molecule has 0 aliphatic heterocycles. The molecule has 1 saturated carbocycles. The van der Waals surface area contributed by atoms with E-state index in [1.165, 1.54) is 25.0 Å². The summed E-state index contributed by atoms with van der Waals surface area (Å²) in [6.45, 7) is 3.08. The summed E-state index contributed by atoms with van der Waals surface area (Å²) >= 11 is 5.84. The molecule has 1 nitrogen and oxygen atoms in total. The van der Waals surface area contributed by atoms with Crippen LogP contribution in [-0.2, 0) is 5.88 Å². The van der Waals surface area contributed by atoms with E-state index in [2.05, 4.69) is 11.8 Å². The third-order valence-electron chi connectivity index (χ3n) is 2.82. The zero-order chi connectivity index (χ0) is 10.8. The summed E-state index contributed by atoms with van der Waals surface area (Å²) in [5, 5.41) is 0. The number of benzene rings is 1. The fourth-order valence-corrected chi connectivity index (χ4v) is 2.17. The Bertz CT molecular complexity index is 349. The molecule has 1 aromatic carbocycles. The minimum absolute atomic E-state index is 0.207. The van der Waals surface area contributed by atoms with Gasteiger partial charge in [0.25, 0.3) is 0 Å². The SMILES string of the molecule is CCN(c1ccc(F)cc1CCl)C1CC1. The maximum Gasteiger partial charge on any atom is 0.123 e. The first-order valence-electron chi connectivity index (χ1n) is 5.37. The van der Waals surface area contributed by atoms with Crippen molar-refractivity contribution >= 4 is 17.3 Å². The molecule has 0 atom stereocenters. The van der Waals surface area contributed by atoms with Gasteiger partial charge in [0.05, 0.1) is 0 Å². The van der Waals surface area contributed by atoms with E-state index < -0.39 is 0 Å². The molecule has 0 saturated heterocycles. The van der Waals surface area contributed by atoms with E-state index in [4.69, 9.17) is 11.6 Å². The van der Waals surface area contributed by atoms with Gasteiger partial charge in [0.1, 0.15) is 5.82 Å². The van der Waals surface area contributed by atoms with Gasteiger partial charge in [0.15, 0.2) is 0 Å². The van der Waals surface area contributed by atoms with E-state index in [1.807, 2.05) is 6.07 Å². The van der Waals surface area contributed by atoms with Crippen LogP contribution in [0.3, 0.4) is 0 Å². The summed E-state index contributed by atoms with van der Waals surface area (Å²) in [5.74, 6) is 0.164. The van der Waals surface area contributed by atoms with E-state index in [-0.39, 0.29) is 5.82 Å². The Hall–Kier alpha value is -0.760. The van der Waals surface area contributed by atoms with Crippen LogP contribution in [0.1, 0.15) is 25.3 Å². The van der Waals surface area contributed by atoms with Gasteiger partial charge in [-0.2, -0.15) is 0 Å². The van der Waals surface area contributed by atoms with Crippen LogP contribution in [0.4, 0.5) is 10.1 Å². The molecular weight excluding hydrogens is 213 g/mol. The van der Waals surface area contributed by atoms with Crippen LogP contribution in [0.5, 0.6) is 0 Å². The molecule has 0 bridgehead atoms. The Balaban J connectivity index is 2.32. The van der Waals surface area contributed by atoms with Gasteiger partial charge in [0.2, 0.25) is 0 Å². The highest BCUT2D eigenvalue weighted by Crippen LogP contribution is 2.34. The molecule has 15 heavy (non-hydrogen) atoms. The van der Waals surface area contributed by atoms with Crippen LogP contribution in [-0.4, -0.2) is 12.6 Å². The molecule has 3 heteroatoms. The van der Waals surface area contributed by atoms with E-state index in [9.17, 15) is 4.39 Å². The standard InChI is InChI=1S/C12H15ClFN/c1-2-15(11-4-5-11)12-6-3-10(14)7-9(12)8-13/h3,6-7,11H,2,4-5,8H2,1H3. The highest BCUT2D eigenvalue weighted by atomic mass is 35.5. The largest absolute Gasteiger partial charge is 0.369 e. The Morgan fingerprint density at radius 2 is 2.20 bits per heavy atom. The second-order valence-corrected chi connectivity index (χ2v) is 4.19. The lowest BCUT2D eigenvalue weighted by molar-refractivity contribution is 0.625. The summed E-state index contributed by atoms with van der Waals surface area (Å²) in [5.41, 5.74) is 1.99. The monoisotopic (exact) mass is 227 g/mol. The molecule has 1 aliphatic carbocycles.